The molecule has 0 bridgehead atoms. The predicted molar refractivity (Wildman–Crippen MR) is 186 cm³/mol. The molecule has 0 atom stereocenters. The van der Waals surface area contributed by atoms with Gasteiger partial charge in [0.25, 0.3) is 5.78 Å². The first-order valence-electron chi connectivity index (χ1n) is 17.9. The molecule has 0 aliphatic rings. The van der Waals surface area contributed by atoms with Crippen molar-refractivity contribution in [3.8, 4) is 0 Å². The fourth-order valence-corrected chi connectivity index (χ4v) is 3.73. The van der Waals surface area contributed by atoms with Crippen LogP contribution in [0.4, 0.5) is 0 Å². The van der Waals surface area contributed by atoms with Crippen LogP contribution in [0.1, 0.15) is 30.1 Å². The molecule has 0 heterocycles. The maximum atomic E-state index is 11.9. The van der Waals surface area contributed by atoms with Crippen molar-refractivity contribution in [3.63, 3.8) is 0 Å². The summed E-state index contributed by atoms with van der Waals surface area (Å²) in [6.45, 7) is 13.9. The molecule has 1 aromatic carbocycles. The van der Waals surface area contributed by atoms with Crippen molar-refractivity contribution in [1.82, 2.24) is 0 Å². The number of esters is 1. The lowest BCUT2D eigenvalue weighted by Crippen LogP contribution is -2.20. The second kappa shape index (κ2) is 39.1. The van der Waals surface area contributed by atoms with Crippen LogP contribution < -0.4 is 0 Å². The maximum absolute atomic E-state index is 11.9. The van der Waals surface area contributed by atoms with Gasteiger partial charge in [0.15, 0.2) is 0 Å². The lowest BCUT2D eigenvalue weighted by molar-refractivity contribution is -0.139. The van der Waals surface area contributed by atoms with E-state index in [1.807, 2.05) is 0 Å². The number of hydrogen-bond donors (Lipinski definition) is 0. The summed E-state index contributed by atoms with van der Waals surface area (Å²) in [6.07, 6.45) is 2.23. The van der Waals surface area contributed by atoms with E-state index in [2.05, 4.69) is 6.92 Å². The first-order valence-corrected chi connectivity index (χ1v) is 17.9. The fraction of sp³-hybridized carbons (Fsp3) is 0.778. The van der Waals surface area contributed by atoms with Gasteiger partial charge in [-0.25, -0.2) is 4.79 Å². The highest BCUT2D eigenvalue weighted by molar-refractivity contribution is 6.40. The quantitative estimate of drug-likeness (QED) is 0.0419. The van der Waals surface area contributed by atoms with Gasteiger partial charge in [-0.2, -0.15) is 0 Å². The fourth-order valence-electron chi connectivity index (χ4n) is 3.73. The number of carbonyl (C=O) groups excluding carboxylic acids is 2. The van der Waals surface area contributed by atoms with E-state index in [1.165, 1.54) is 0 Å². The molecule has 0 amide bonds. The van der Waals surface area contributed by atoms with Crippen molar-refractivity contribution in [3.05, 3.63) is 35.9 Å². The molecule has 296 valence electrons. The van der Waals surface area contributed by atoms with Crippen LogP contribution in [0, 0.1) is 0 Å². The van der Waals surface area contributed by atoms with E-state index in [0.29, 0.717) is 151 Å². The average Bonchev–Trinajstić information content (AvgIpc) is 3.15. The summed E-state index contributed by atoms with van der Waals surface area (Å²) >= 11 is 0. The van der Waals surface area contributed by atoms with E-state index in [0.717, 1.165) is 19.4 Å². The summed E-state index contributed by atoms with van der Waals surface area (Å²) < 4.78 is 70.3. The summed E-state index contributed by atoms with van der Waals surface area (Å²) in [5.74, 6) is -1.57. The smallest absolute Gasteiger partial charge is 0.379 e. The molecule has 0 fully saturated rings. The van der Waals surface area contributed by atoms with Crippen molar-refractivity contribution in [1.29, 1.82) is 0 Å². The molecule has 15 heteroatoms. The van der Waals surface area contributed by atoms with Crippen LogP contribution >= 0.6 is 0 Å². The van der Waals surface area contributed by atoms with Crippen LogP contribution in [0.3, 0.4) is 0 Å². The van der Waals surface area contributed by atoms with Crippen LogP contribution in [0.15, 0.2) is 30.3 Å². The Bertz CT molecular complexity index is 877. The number of Topliss-reactive ketones (excluding diaryl/α,β-unsaturated/α-hetero) is 1. The topological polar surface area (TPSA) is 154 Å². The Balaban J connectivity index is 1.64. The summed E-state index contributed by atoms with van der Waals surface area (Å²) in [7, 11) is 0. The lowest BCUT2D eigenvalue weighted by Gasteiger charge is -2.09. The average molecular weight is 735 g/mol. The number of carbonyl (C=O) groups is 2. The summed E-state index contributed by atoms with van der Waals surface area (Å²) in [4.78, 5) is 23.6. The van der Waals surface area contributed by atoms with E-state index in [-0.39, 0.29) is 13.2 Å². The molecule has 51 heavy (non-hydrogen) atoms. The van der Waals surface area contributed by atoms with Crippen molar-refractivity contribution in [2.75, 3.05) is 165 Å². The van der Waals surface area contributed by atoms with Gasteiger partial charge in [-0.15, -0.1) is 0 Å². The summed E-state index contributed by atoms with van der Waals surface area (Å²) in [5.41, 5.74) is 0.295. The number of hydrogen-bond acceptors (Lipinski definition) is 15. The van der Waals surface area contributed by atoms with Gasteiger partial charge < -0.3 is 61.6 Å². The van der Waals surface area contributed by atoms with Crippen LogP contribution in [0.25, 0.3) is 0 Å². The molecular weight excluding hydrogens is 672 g/mol. The van der Waals surface area contributed by atoms with Gasteiger partial charge in [0, 0.05) is 12.2 Å². The lowest BCUT2D eigenvalue weighted by atomic mass is 10.1. The van der Waals surface area contributed by atoms with Gasteiger partial charge in [0.1, 0.15) is 6.61 Å². The van der Waals surface area contributed by atoms with Gasteiger partial charge in [0.05, 0.1) is 152 Å². The monoisotopic (exact) mass is 734 g/mol. The highest BCUT2D eigenvalue weighted by atomic mass is 16.6. The molecular formula is C36H62O15. The molecule has 0 aliphatic heterocycles. The third-order valence-corrected chi connectivity index (χ3v) is 6.42. The van der Waals surface area contributed by atoms with E-state index in [9.17, 15) is 9.59 Å². The number of unbranched alkanes of at least 4 members (excludes halogenated alkanes) is 1. The Labute approximate surface area is 303 Å². The van der Waals surface area contributed by atoms with Crippen LogP contribution in [0.2, 0.25) is 0 Å². The predicted octanol–water partition coefficient (Wildman–Crippen LogP) is 2.41. The van der Waals surface area contributed by atoms with E-state index in [1.54, 1.807) is 30.3 Å². The zero-order valence-electron chi connectivity index (χ0n) is 30.6. The van der Waals surface area contributed by atoms with Crippen molar-refractivity contribution in [2.45, 2.75) is 19.8 Å². The largest absolute Gasteiger partial charge is 0.457 e. The minimum absolute atomic E-state index is 0.00344. The third-order valence-electron chi connectivity index (χ3n) is 6.42. The molecule has 0 aromatic heterocycles. The molecule has 0 saturated heterocycles. The van der Waals surface area contributed by atoms with E-state index in [4.69, 9.17) is 61.6 Å². The molecule has 0 N–H and O–H groups in total. The second-order valence-electron chi connectivity index (χ2n) is 10.5. The van der Waals surface area contributed by atoms with Gasteiger partial charge >= 0.3 is 5.97 Å². The summed E-state index contributed by atoms with van der Waals surface area (Å²) in [5, 5.41) is 0. The number of benzene rings is 1. The van der Waals surface area contributed by atoms with Gasteiger partial charge in [-0.1, -0.05) is 43.7 Å². The zero-order valence-corrected chi connectivity index (χ0v) is 30.6. The Morgan fingerprint density at radius 1 is 0.373 bits per heavy atom. The summed E-state index contributed by atoms with van der Waals surface area (Å²) in [6, 6.07) is 8.26. The van der Waals surface area contributed by atoms with E-state index >= 15 is 0 Å². The molecule has 0 saturated carbocycles. The van der Waals surface area contributed by atoms with Crippen LogP contribution in [0.5, 0.6) is 0 Å². The maximum Gasteiger partial charge on any atom is 0.379 e. The number of rotatable bonds is 41. The molecule has 0 unspecified atom stereocenters. The first kappa shape index (κ1) is 46.9. The van der Waals surface area contributed by atoms with Gasteiger partial charge in [-0.05, 0) is 6.42 Å². The second-order valence-corrected chi connectivity index (χ2v) is 10.5. The third kappa shape index (κ3) is 33.5. The first-order chi connectivity index (χ1) is 25.3. The minimum atomic E-state index is -0.898. The standard InChI is InChI=1S/C36H62O15/c1-2-3-9-39-10-11-40-12-13-41-14-15-42-16-17-43-18-19-44-20-21-45-22-23-46-24-25-47-26-27-48-28-29-49-30-31-50-32-33-51-36(38)35(37)34-7-5-4-6-8-34/h4-8H,2-3,9-33H2,1H3. The highest BCUT2D eigenvalue weighted by Crippen LogP contribution is 2.01. The number of ether oxygens (including phenoxy) is 13. The van der Waals surface area contributed by atoms with Gasteiger partial charge in [0.2, 0.25) is 0 Å². The van der Waals surface area contributed by atoms with E-state index < -0.39 is 11.8 Å². The molecule has 0 aliphatic carbocycles. The minimum Gasteiger partial charge on any atom is -0.457 e. The van der Waals surface area contributed by atoms with Crippen molar-refractivity contribution >= 4 is 11.8 Å². The zero-order chi connectivity index (χ0) is 36.6. The van der Waals surface area contributed by atoms with Crippen LogP contribution in [-0.2, 0) is 66.4 Å². The molecule has 1 rings (SSSR count). The SMILES string of the molecule is CCCCOCCOCCOCCOCCOCCOCCOCCOCCOCCOCCOCCOCCOC(=O)C(=O)c1ccccc1. The molecule has 1 aromatic rings. The molecule has 0 radical (unpaired) electrons. The Kier molecular flexibility index (Phi) is 36.0. The number of ketones is 1. The molecule has 15 nitrogen and oxygen atoms in total. The Morgan fingerprint density at radius 3 is 0.902 bits per heavy atom. The van der Waals surface area contributed by atoms with Crippen molar-refractivity contribution < 1.29 is 71.2 Å². The van der Waals surface area contributed by atoms with Crippen molar-refractivity contribution in [2.24, 2.45) is 0 Å². The normalized spacial score (nSPS) is 11.3. The Morgan fingerprint density at radius 2 is 0.627 bits per heavy atom. The van der Waals surface area contributed by atoms with Gasteiger partial charge in [-0.3, -0.25) is 4.79 Å². The molecule has 0 spiro atoms. The Hall–Kier alpha value is -2.12. The highest BCUT2D eigenvalue weighted by Gasteiger charge is 2.17. The van der Waals surface area contributed by atoms with Crippen LogP contribution in [-0.4, -0.2) is 177 Å².